The monoisotopic (exact) mass is 298 g/mol. The summed E-state index contributed by atoms with van der Waals surface area (Å²) in [7, 11) is 0. The van der Waals surface area contributed by atoms with Crippen molar-refractivity contribution in [1.82, 2.24) is 4.98 Å². The molecule has 0 radical (unpaired) electrons. The number of anilines is 1. The Balaban J connectivity index is 1.59. The van der Waals surface area contributed by atoms with Crippen LogP contribution < -0.4 is 10.1 Å². The summed E-state index contributed by atoms with van der Waals surface area (Å²) in [6.45, 7) is 1.35. The predicted octanol–water partition coefficient (Wildman–Crippen LogP) is 2.89. The lowest BCUT2D eigenvalue weighted by Gasteiger charge is -2.12. The number of carbonyl (C=O) groups is 1. The van der Waals surface area contributed by atoms with E-state index in [-0.39, 0.29) is 12.0 Å². The van der Waals surface area contributed by atoms with Gasteiger partial charge in [-0.05, 0) is 37.1 Å². The van der Waals surface area contributed by atoms with Crippen molar-refractivity contribution < 1.29 is 14.3 Å². The molecule has 0 saturated carbocycles. The summed E-state index contributed by atoms with van der Waals surface area (Å²) >= 11 is 0. The minimum Gasteiger partial charge on any atom is -0.491 e. The van der Waals surface area contributed by atoms with Crippen LogP contribution in [0.25, 0.3) is 0 Å². The fourth-order valence-electron chi connectivity index (χ4n) is 2.32. The lowest BCUT2D eigenvalue weighted by atomic mass is 10.2. The fraction of sp³-hybridized carbons (Fsp3) is 0.294. The van der Waals surface area contributed by atoms with Crippen LogP contribution in [-0.4, -0.2) is 30.2 Å². The van der Waals surface area contributed by atoms with Crippen LogP contribution in [0.5, 0.6) is 5.75 Å². The van der Waals surface area contributed by atoms with E-state index < -0.39 is 0 Å². The van der Waals surface area contributed by atoms with Crippen molar-refractivity contribution in [3.63, 3.8) is 0 Å². The number of hydrogen-bond donors (Lipinski definition) is 1. The van der Waals surface area contributed by atoms with E-state index in [9.17, 15) is 4.79 Å². The molecule has 5 nitrogen and oxygen atoms in total. The second-order valence-electron chi connectivity index (χ2n) is 5.14. The van der Waals surface area contributed by atoms with E-state index in [1.54, 1.807) is 30.5 Å². The molecule has 1 N–H and O–H groups in total. The van der Waals surface area contributed by atoms with Crippen LogP contribution in [-0.2, 0) is 4.74 Å². The Morgan fingerprint density at radius 3 is 3.05 bits per heavy atom. The van der Waals surface area contributed by atoms with E-state index in [4.69, 9.17) is 9.47 Å². The standard InChI is InChI=1S/C17H18N2O3/c20-17(16-8-1-2-9-18-16)19-13-5-3-6-14(11-13)22-12-15-7-4-10-21-15/h1-3,5-6,8-9,11,15H,4,7,10,12H2,(H,19,20)/t15-/m1/s1. The van der Waals surface area contributed by atoms with Crippen LogP contribution in [0, 0.1) is 0 Å². The van der Waals surface area contributed by atoms with E-state index in [0.717, 1.165) is 19.4 Å². The third-order valence-electron chi connectivity index (χ3n) is 3.45. The number of nitrogens with one attached hydrogen (secondary N) is 1. The second-order valence-corrected chi connectivity index (χ2v) is 5.14. The zero-order chi connectivity index (χ0) is 15.2. The third kappa shape index (κ3) is 3.83. The number of carbonyl (C=O) groups excluding carboxylic acids is 1. The van der Waals surface area contributed by atoms with Gasteiger partial charge in [-0.1, -0.05) is 12.1 Å². The molecular weight excluding hydrogens is 280 g/mol. The fourth-order valence-corrected chi connectivity index (χ4v) is 2.32. The molecular formula is C17H18N2O3. The topological polar surface area (TPSA) is 60.5 Å². The zero-order valence-electron chi connectivity index (χ0n) is 12.2. The highest BCUT2D eigenvalue weighted by Crippen LogP contribution is 2.20. The van der Waals surface area contributed by atoms with Crippen molar-refractivity contribution in [3.05, 3.63) is 54.4 Å². The molecule has 1 atom stereocenters. The molecule has 5 heteroatoms. The Labute approximate surface area is 129 Å². The molecule has 1 amide bonds. The molecule has 3 rings (SSSR count). The van der Waals surface area contributed by atoms with Gasteiger partial charge in [0.15, 0.2) is 0 Å². The highest BCUT2D eigenvalue weighted by atomic mass is 16.5. The van der Waals surface area contributed by atoms with Crippen LogP contribution in [0.1, 0.15) is 23.3 Å². The van der Waals surface area contributed by atoms with Gasteiger partial charge in [0, 0.05) is 24.6 Å². The van der Waals surface area contributed by atoms with Gasteiger partial charge in [0.05, 0.1) is 6.10 Å². The van der Waals surface area contributed by atoms with Crippen molar-refractivity contribution in [3.8, 4) is 5.75 Å². The minimum atomic E-state index is -0.239. The summed E-state index contributed by atoms with van der Waals surface area (Å²) in [5.41, 5.74) is 1.06. The van der Waals surface area contributed by atoms with Gasteiger partial charge >= 0.3 is 0 Å². The predicted molar refractivity (Wildman–Crippen MR) is 83.1 cm³/mol. The first-order valence-corrected chi connectivity index (χ1v) is 7.38. The van der Waals surface area contributed by atoms with Crippen LogP contribution in [0.2, 0.25) is 0 Å². The highest BCUT2D eigenvalue weighted by Gasteiger charge is 2.16. The van der Waals surface area contributed by atoms with E-state index >= 15 is 0 Å². The van der Waals surface area contributed by atoms with Crippen molar-refractivity contribution in [2.24, 2.45) is 0 Å². The van der Waals surface area contributed by atoms with Gasteiger partial charge in [0.1, 0.15) is 18.1 Å². The number of pyridine rings is 1. The van der Waals surface area contributed by atoms with Crippen molar-refractivity contribution in [1.29, 1.82) is 0 Å². The largest absolute Gasteiger partial charge is 0.491 e. The molecule has 1 saturated heterocycles. The number of rotatable bonds is 5. The summed E-state index contributed by atoms with van der Waals surface area (Å²) in [6.07, 6.45) is 3.90. The normalized spacial score (nSPS) is 17.2. The molecule has 1 aliphatic heterocycles. The number of nitrogens with zero attached hydrogens (tertiary/aromatic N) is 1. The summed E-state index contributed by atoms with van der Waals surface area (Å²) in [4.78, 5) is 16.1. The van der Waals surface area contributed by atoms with Crippen molar-refractivity contribution in [2.45, 2.75) is 18.9 Å². The molecule has 0 aliphatic carbocycles. The van der Waals surface area contributed by atoms with Gasteiger partial charge < -0.3 is 14.8 Å². The van der Waals surface area contributed by atoms with E-state index in [2.05, 4.69) is 10.3 Å². The van der Waals surface area contributed by atoms with Gasteiger partial charge in [-0.2, -0.15) is 0 Å². The van der Waals surface area contributed by atoms with Gasteiger partial charge in [0.2, 0.25) is 0 Å². The first kappa shape index (κ1) is 14.5. The van der Waals surface area contributed by atoms with Crippen molar-refractivity contribution in [2.75, 3.05) is 18.5 Å². The number of benzene rings is 1. The van der Waals surface area contributed by atoms with E-state index in [0.29, 0.717) is 23.7 Å². The molecule has 1 aromatic heterocycles. The zero-order valence-corrected chi connectivity index (χ0v) is 12.2. The maximum Gasteiger partial charge on any atom is 0.274 e. The number of amides is 1. The smallest absolute Gasteiger partial charge is 0.274 e. The molecule has 2 heterocycles. The maximum atomic E-state index is 12.1. The van der Waals surface area contributed by atoms with Crippen LogP contribution in [0.15, 0.2) is 48.7 Å². The summed E-state index contributed by atoms with van der Waals surface area (Å²) < 4.78 is 11.3. The molecule has 2 aromatic rings. The van der Waals surface area contributed by atoms with Gasteiger partial charge in [-0.3, -0.25) is 9.78 Å². The van der Waals surface area contributed by atoms with Crippen LogP contribution in [0.3, 0.4) is 0 Å². The van der Waals surface area contributed by atoms with Crippen molar-refractivity contribution >= 4 is 11.6 Å². The molecule has 22 heavy (non-hydrogen) atoms. The number of ether oxygens (including phenoxy) is 2. The summed E-state index contributed by atoms with van der Waals surface area (Å²) in [6, 6.07) is 12.6. The second kappa shape index (κ2) is 7.04. The van der Waals surface area contributed by atoms with E-state index in [1.807, 2.05) is 18.2 Å². The summed E-state index contributed by atoms with van der Waals surface area (Å²) in [5.74, 6) is 0.478. The van der Waals surface area contributed by atoms with E-state index in [1.165, 1.54) is 0 Å². The lowest BCUT2D eigenvalue weighted by molar-refractivity contribution is 0.0680. The first-order valence-electron chi connectivity index (χ1n) is 7.38. The average molecular weight is 298 g/mol. The lowest BCUT2D eigenvalue weighted by Crippen LogP contribution is -2.16. The number of hydrogen-bond acceptors (Lipinski definition) is 4. The molecule has 1 aliphatic rings. The summed E-state index contributed by atoms with van der Waals surface area (Å²) in [5, 5.41) is 2.81. The van der Waals surface area contributed by atoms with Gasteiger partial charge in [-0.25, -0.2) is 0 Å². The molecule has 1 aromatic carbocycles. The number of aromatic nitrogens is 1. The molecule has 0 unspecified atom stereocenters. The minimum absolute atomic E-state index is 0.173. The maximum absolute atomic E-state index is 12.1. The van der Waals surface area contributed by atoms with Crippen LogP contribution in [0.4, 0.5) is 5.69 Å². The SMILES string of the molecule is O=C(Nc1cccc(OC[C@H]2CCCO2)c1)c1ccccn1. The van der Waals surface area contributed by atoms with Crippen LogP contribution >= 0.6 is 0 Å². The molecule has 0 bridgehead atoms. The average Bonchev–Trinajstić information content (AvgIpc) is 3.08. The Hall–Kier alpha value is -2.40. The molecule has 114 valence electrons. The Morgan fingerprint density at radius 1 is 1.32 bits per heavy atom. The van der Waals surface area contributed by atoms with Gasteiger partial charge in [-0.15, -0.1) is 0 Å². The third-order valence-corrected chi connectivity index (χ3v) is 3.45. The molecule has 1 fully saturated rings. The Morgan fingerprint density at radius 2 is 2.27 bits per heavy atom. The molecule has 0 spiro atoms. The van der Waals surface area contributed by atoms with Gasteiger partial charge in [0.25, 0.3) is 5.91 Å². The quantitative estimate of drug-likeness (QED) is 0.922. The Bertz CT molecular complexity index is 625. The Kier molecular flexibility index (Phi) is 4.65. The first-order chi connectivity index (χ1) is 10.8. The highest BCUT2D eigenvalue weighted by molar-refractivity contribution is 6.02.